The van der Waals surface area contributed by atoms with Crippen molar-refractivity contribution in [3.8, 4) is 6.07 Å². The summed E-state index contributed by atoms with van der Waals surface area (Å²) in [6, 6.07) is 9.34. The van der Waals surface area contributed by atoms with Gasteiger partial charge in [0.1, 0.15) is 0 Å². The van der Waals surface area contributed by atoms with Gasteiger partial charge in [0.2, 0.25) is 0 Å². The van der Waals surface area contributed by atoms with Crippen molar-refractivity contribution in [3.05, 3.63) is 29.8 Å². The van der Waals surface area contributed by atoms with Crippen molar-refractivity contribution in [2.24, 2.45) is 0 Å². The zero-order valence-electron chi connectivity index (χ0n) is 10.8. The molecule has 100 valence electrons. The first-order valence-electron chi connectivity index (χ1n) is 6.14. The van der Waals surface area contributed by atoms with Gasteiger partial charge in [0, 0.05) is 24.0 Å². The molecule has 1 N–H and O–H groups in total. The summed E-state index contributed by atoms with van der Waals surface area (Å²) in [6.45, 7) is 2.92. The fourth-order valence-corrected chi connectivity index (χ4v) is 1.48. The number of anilines is 1. The molecule has 0 spiro atoms. The minimum Gasteiger partial charge on any atom is -0.384 e. The van der Waals surface area contributed by atoms with E-state index in [1.54, 1.807) is 12.1 Å². The van der Waals surface area contributed by atoms with Gasteiger partial charge < -0.3 is 5.32 Å². The summed E-state index contributed by atoms with van der Waals surface area (Å²) in [5.41, 5.74) is 1.67. The first-order valence-corrected chi connectivity index (χ1v) is 7.21. The molecule has 0 saturated carbocycles. The topological polar surface area (TPSA) is 35.8 Å². The summed E-state index contributed by atoms with van der Waals surface area (Å²) in [4.78, 5) is 0. The Morgan fingerprint density at radius 2 is 1.78 bits per heavy atom. The third-order valence-corrected chi connectivity index (χ3v) is 2.63. The highest BCUT2D eigenvalue weighted by Crippen LogP contribution is 2.07. The van der Waals surface area contributed by atoms with Gasteiger partial charge in [-0.2, -0.15) is 5.26 Å². The molecule has 0 heterocycles. The minimum atomic E-state index is 0.583. The van der Waals surface area contributed by atoms with E-state index in [0.717, 1.165) is 18.1 Å². The second-order valence-electron chi connectivity index (χ2n) is 3.70. The van der Waals surface area contributed by atoms with Crippen LogP contribution in [0.1, 0.15) is 31.7 Å². The first-order chi connectivity index (χ1) is 8.78. The van der Waals surface area contributed by atoms with Crippen LogP contribution in [-0.2, 0) is 0 Å². The van der Waals surface area contributed by atoms with Gasteiger partial charge in [-0.15, -0.1) is 23.2 Å². The van der Waals surface area contributed by atoms with Gasteiger partial charge in [0.05, 0.1) is 11.6 Å². The zero-order chi connectivity index (χ0) is 13.6. The van der Waals surface area contributed by atoms with E-state index in [9.17, 15) is 0 Å². The summed E-state index contributed by atoms with van der Waals surface area (Å²) in [5, 5.41) is 11.6. The van der Waals surface area contributed by atoms with Crippen LogP contribution in [0.2, 0.25) is 0 Å². The highest BCUT2D eigenvalue weighted by molar-refractivity contribution is 6.18. The number of halogens is 2. The van der Waals surface area contributed by atoms with Gasteiger partial charge in [-0.3, -0.25) is 0 Å². The van der Waals surface area contributed by atoms with E-state index in [2.05, 4.69) is 18.3 Å². The molecule has 0 radical (unpaired) electrons. The highest BCUT2D eigenvalue weighted by Gasteiger charge is 1.91. The van der Waals surface area contributed by atoms with Crippen LogP contribution in [0.4, 0.5) is 5.69 Å². The van der Waals surface area contributed by atoms with Gasteiger partial charge in [0.25, 0.3) is 0 Å². The molecule has 0 aliphatic carbocycles. The molecule has 4 heteroatoms. The maximum absolute atomic E-state index is 8.51. The molecular formula is C14H20Cl2N2. The SMILES string of the molecule is CCCCCCl.N#Cc1ccc(NCCCl)cc1. The van der Waals surface area contributed by atoms with Crippen molar-refractivity contribution in [2.75, 3.05) is 23.6 Å². The average Bonchev–Trinajstić information content (AvgIpc) is 2.44. The lowest BCUT2D eigenvalue weighted by Gasteiger charge is -2.02. The highest BCUT2D eigenvalue weighted by atomic mass is 35.5. The third kappa shape index (κ3) is 9.15. The van der Waals surface area contributed by atoms with Crippen LogP contribution in [0, 0.1) is 11.3 Å². The van der Waals surface area contributed by atoms with Crippen molar-refractivity contribution in [1.82, 2.24) is 0 Å². The van der Waals surface area contributed by atoms with Crippen molar-refractivity contribution < 1.29 is 0 Å². The number of benzene rings is 1. The van der Waals surface area contributed by atoms with E-state index in [-0.39, 0.29) is 0 Å². The van der Waals surface area contributed by atoms with Crippen molar-refractivity contribution in [2.45, 2.75) is 26.2 Å². The number of nitrogens with zero attached hydrogens (tertiary/aromatic N) is 1. The van der Waals surface area contributed by atoms with E-state index in [1.165, 1.54) is 19.3 Å². The molecular weight excluding hydrogens is 267 g/mol. The molecule has 0 atom stereocenters. The lowest BCUT2D eigenvalue weighted by atomic mass is 10.2. The lowest BCUT2D eigenvalue weighted by molar-refractivity contribution is 0.776. The third-order valence-electron chi connectivity index (χ3n) is 2.17. The number of hydrogen-bond donors (Lipinski definition) is 1. The standard InChI is InChI=1S/C9H9ClN2.C5H11Cl/c10-5-6-12-9-3-1-8(7-11)2-4-9;1-2-3-4-5-6/h1-4,12H,5-6H2;2-5H2,1H3. The fraction of sp³-hybridized carbons (Fsp3) is 0.500. The summed E-state index contributed by atoms with van der Waals surface area (Å²) in [6.07, 6.45) is 3.73. The van der Waals surface area contributed by atoms with E-state index in [1.807, 2.05) is 12.1 Å². The summed E-state index contributed by atoms with van der Waals surface area (Å²) in [5.74, 6) is 1.41. The summed E-state index contributed by atoms with van der Waals surface area (Å²) < 4.78 is 0. The Balaban J connectivity index is 0.000000411. The van der Waals surface area contributed by atoms with Gasteiger partial charge in [-0.1, -0.05) is 19.8 Å². The number of nitriles is 1. The van der Waals surface area contributed by atoms with Crippen molar-refractivity contribution in [1.29, 1.82) is 5.26 Å². The van der Waals surface area contributed by atoms with Crippen LogP contribution in [0.3, 0.4) is 0 Å². The molecule has 0 amide bonds. The molecule has 1 rings (SSSR count). The Bertz CT molecular complexity index is 327. The molecule has 1 aromatic rings. The molecule has 0 aliphatic rings. The molecule has 0 saturated heterocycles. The molecule has 1 aromatic carbocycles. The quantitative estimate of drug-likeness (QED) is 0.612. The monoisotopic (exact) mass is 286 g/mol. The molecule has 0 bridgehead atoms. The molecule has 0 aliphatic heterocycles. The normalized spacial score (nSPS) is 9.00. The average molecular weight is 287 g/mol. The van der Waals surface area contributed by atoms with Crippen LogP contribution >= 0.6 is 23.2 Å². The Morgan fingerprint density at radius 1 is 1.11 bits per heavy atom. The second-order valence-corrected chi connectivity index (χ2v) is 4.46. The molecule has 2 nitrogen and oxygen atoms in total. The van der Waals surface area contributed by atoms with Gasteiger partial charge in [0.15, 0.2) is 0 Å². The van der Waals surface area contributed by atoms with Crippen molar-refractivity contribution >= 4 is 28.9 Å². The van der Waals surface area contributed by atoms with E-state index >= 15 is 0 Å². The van der Waals surface area contributed by atoms with Crippen LogP contribution < -0.4 is 5.32 Å². The Morgan fingerprint density at radius 3 is 2.17 bits per heavy atom. The fourth-order valence-electron chi connectivity index (χ4n) is 1.20. The predicted molar refractivity (Wildman–Crippen MR) is 80.6 cm³/mol. The maximum atomic E-state index is 8.51. The Kier molecular flexibility index (Phi) is 11.9. The summed E-state index contributed by atoms with van der Waals surface area (Å²) in [7, 11) is 0. The van der Waals surface area contributed by atoms with Crippen LogP contribution in [0.5, 0.6) is 0 Å². The summed E-state index contributed by atoms with van der Waals surface area (Å²) >= 11 is 10.9. The van der Waals surface area contributed by atoms with Crippen LogP contribution in [-0.4, -0.2) is 18.3 Å². The Labute approximate surface area is 120 Å². The smallest absolute Gasteiger partial charge is 0.0991 e. The van der Waals surface area contributed by atoms with Crippen LogP contribution in [0.25, 0.3) is 0 Å². The van der Waals surface area contributed by atoms with E-state index in [4.69, 9.17) is 28.5 Å². The zero-order valence-corrected chi connectivity index (χ0v) is 12.3. The minimum absolute atomic E-state index is 0.583. The van der Waals surface area contributed by atoms with Crippen molar-refractivity contribution in [3.63, 3.8) is 0 Å². The number of nitrogens with one attached hydrogen (secondary N) is 1. The molecule has 0 aromatic heterocycles. The predicted octanol–water partition coefficient (Wildman–Crippen LogP) is 4.62. The van der Waals surface area contributed by atoms with Crippen LogP contribution in [0.15, 0.2) is 24.3 Å². The number of alkyl halides is 2. The van der Waals surface area contributed by atoms with Gasteiger partial charge in [-0.25, -0.2) is 0 Å². The Hall–Kier alpha value is -0.910. The number of unbranched alkanes of at least 4 members (excludes halogenated alkanes) is 2. The van der Waals surface area contributed by atoms with E-state index in [0.29, 0.717) is 11.4 Å². The first kappa shape index (κ1) is 17.1. The lowest BCUT2D eigenvalue weighted by Crippen LogP contribution is -2.01. The molecule has 0 fully saturated rings. The molecule has 0 unspecified atom stereocenters. The van der Waals surface area contributed by atoms with Gasteiger partial charge in [-0.05, 0) is 30.7 Å². The molecule has 18 heavy (non-hydrogen) atoms. The van der Waals surface area contributed by atoms with Gasteiger partial charge >= 0.3 is 0 Å². The second kappa shape index (κ2) is 12.5. The van der Waals surface area contributed by atoms with E-state index < -0.39 is 0 Å². The largest absolute Gasteiger partial charge is 0.384 e. The maximum Gasteiger partial charge on any atom is 0.0991 e. The number of hydrogen-bond acceptors (Lipinski definition) is 2. The number of rotatable bonds is 6.